The van der Waals surface area contributed by atoms with Crippen molar-refractivity contribution in [2.24, 2.45) is 0 Å². The number of hydrogen-bond donors (Lipinski definition) is 2. The SMILES string of the molecule is COCCNC(=O)CCCNC(=O)c1nc(SCc2ccccc2Cl)ncc1Br. The van der Waals surface area contributed by atoms with E-state index in [9.17, 15) is 9.59 Å². The first-order chi connectivity index (χ1) is 14.0. The predicted molar refractivity (Wildman–Crippen MR) is 117 cm³/mol. The lowest BCUT2D eigenvalue weighted by atomic mass is 10.2. The molecule has 29 heavy (non-hydrogen) atoms. The summed E-state index contributed by atoms with van der Waals surface area (Å²) in [6.07, 6.45) is 2.41. The van der Waals surface area contributed by atoms with E-state index < -0.39 is 0 Å². The fraction of sp³-hybridized carbons (Fsp3) is 0.368. The highest BCUT2D eigenvalue weighted by Crippen LogP contribution is 2.25. The second kappa shape index (κ2) is 12.8. The molecule has 0 unspecified atom stereocenters. The molecule has 1 heterocycles. The topological polar surface area (TPSA) is 93.2 Å². The van der Waals surface area contributed by atoms with Gasteiger partial charge in [-0.3, -0.25) is 9.59 Å². The summed E-state index contributed by atoms with van der Waals surface area (Å²) >= 11 is 10.9. The Morgan fingerprint density at radius 3 is 2.79 bits per heavy atom. The van der Waals surface area contributed by atoms with Crippen molar-refractivity contribution in [2.75, 3.05) is 26.8 Å². The van der Waals surface area contributed by atoms with Gasteiger partial charge in [-0.1, -0.05) is 41.6 Å². The van der Waals surface area contributed by atoms with E-state index >= 15 is 0 Å². The van der Waals surface area contributed by atoms with E-state index in [0.717, 1.165) is 5.56 Å². The molecule has 0 radical (unpaired) electrons. The standard InChI is InChI=1S/C19H22BrClN4O3S/c1-28-10-9-22-16(26)7-4-8-23-18(27)17-14(20)11-24-19(25-17)29-12-13-5-2-3-6-15(13)21/h2-3,5-6,11H,4,7-10,12H2,1H3,(H,22,26)(H,23,27). The van der Waals surface area contributed by atoms with Crippen molar-refractivity contribution in [3.8, 4) is 0 Å². The molecule has 0 fully saturated rings. The fourth-order valence-electron chi connectivity index (χ4n) is 2.25. The number of rotatable bonds is 11. The molecule has 0 saturated carbocycles. The average Bonchev–Trinajstić information content (AvgIpc) is 2.71. The van der Waals surface area contributed by atoms with Gasteiger partial charge in [0.1, 0.15) is 5.69 Å². The number of carbonyl (C=O) groups excluding carboxylic acids is 2. The van der Waals surface area contributed by atoms with Crippen LogP contribution >= 0.6 is 39.3 Å². The van der Waals surface area contributed by atoms with Gasteiger partial charge in [0.25, 0.3) is 5.91 Å². The molecule has 1 aromatic heterocycles. The van der Waals surface area contributed by atoms with Crippen molar-refractivity contribution in [3.05, 3.63) is 51.2 Å². The number of nitrogens with one attached hydrogen (secondary N) is 2. The van der Waals surface area contributed by atoms with Gasteiger partial charge in [0, 0.05) is 43.6 Å². The maximum atomic E-state index is 12.4. The highest BCUT2D eigenvalue weighted by Gasteiger charge is 2.14. The molecule has 2 N–H and O–H groups in total. The first-order valence-electron chi connectivity index (χ1n) is 8.94. The van der Waals surface area contributed by atoms with Gasteiger partial charge in [-0.05, 0) is 34.0 Å². The van der Waals surface area contributed by atoms with Crippen LogP contribution in [0.5, 0.6) is 0 Å². The quantitative estimate of drug-likeness (QED) is 0.278. The number of ether oxygens (including phenoxy) is 1. The van der Waals surface area contributed by atoms with Crippen LogP contribution in [0, 0.1) is 0 Å². The number of carbonyl (C=O) groups is 2. The van der Waals surface area contributed by atoms with E-state index in [1.54, 1.807) is 13.3 Å². The van der Waals surface area contributed by atoms with Crippen LogP contribution in [0.2, 0.25) is 5.02 Å². The fourth-order valence-corrected chi connectivity index (χ4v) is 3.73. The molecule has 2 aromatic rings. The summed E-state index contributed by atoms with van der Waals surface area (Å²) in [7, 11) is 1.58. The zero-order valence-corrected chi connectivity index (χ0v) is 19.1. The van der Waals surface area contributed by atoms with Gasteiger partial charge in [0.2, 0.25) is 5.91 Å². The third kappa shape index (κ3) is 8.30. The van der Waals surface area contributed by atoms with Crippen LogP contribution in [0.3, 0.4) is 0 Å². The Morgan fingerprint density at radius 1 is 1.24 bits per heavy atom. The minimum Gasteiger partial charge on any atom is -0.383 e. The molecule has 0 bridgehead atoms. The maximum Gasteiger partial charge on any atom is 0.271 e. The molecule has 0 spiro atoms. The molecule has 0 atom stereocenters. The highest BCUT2D eigenvalue weighted by atomic mass is 79.9. The Labute approximate surface area is 187 Å². The normalized spacial score (nSPS) is 10.6. The average molecular weight is 502 g/mol. The monoisotopic (exact) mass is 500 g/mol. The van der Waals surface area contributed by atoms with Gasteiger partial charge in [-0.25, -0.2) is 9.97 Å². The number of benzene rings is 1. The van der Waals surface area contributed by atoms with E-state index in [0.29, 0.717) is 52.9 Å². The molecule has 2 amide bonds. The summed E-state index contributed by atoms with van der Waals surface area (Å²) in [6.45, 7) is 1.32. The molecular formula is C19H22BrClN4O3S. The molecule has 0 aliphatic carbocycles. The molecule has 0 saturated heterocycles. The molecule has 1 aromatic carbocycles. The molecule has 156 valence electrons. The third-order valence-electron chi connectivity index (χ3n) is 3.75. The van der Waals surface area contributed by atoms with Gasteiger partial charge < -0.3 is 15.4 Å². The Balaban J connectivity index is 1.83. The van der Waals surface area contributed by atoms with Crippen LogP contribution < -0.4 is 10.6 Å². The van der Waals surface area contributed by atoms with Crippen LogP contribution in [0.15, 0.2) is 40.1 Å². The van der Waals surface area contributed by atoms with E-state index in [1.165, 1.54) is 11.8 Å². The number of hydrogen-bond acceptors (Lipinski definition) is 6. The van der Waals surface area contributed by atoms with Crippen molar-refractivity contribution in [1.82, 2.24) is 20.6 Å². The lowest BCUT2D eigenvalue weighted by Gasteiger charge is -2.08. The molecule has 2 rings (SSSR count). The number of aromatic nitrogens is 2. The zero-order chi connectivity index (χ0) is 21.1. The summed E-state index contributed by atoms with van der Waals surface area (Å²) in [5, 5.41) is 6.68. The Bertz CT molecular complexity index is 841. The molecule has 0 aliphatic heterocycles. The highest BCUT2D eigenvalue weighted by molar-refractivity contribution is 9.10. The van der Waals surface area contributed by atoms with Crippen LogP contribution in [-0.2, 0) is 15.3 Å². The lowest BCUT2D eigenvalue weighted by Crippen LogP contribution is -2.29. The summed E-state index contributed by atoms with van der Waals surface area (Å²) in [4.78, 5) is 32.6. The first-order valence-corrected chi connectivity index (χ1v) is 11.1. The molecular weight excluding hydrogens is 480 g/mol. The minimum absolute atomic E-state index is 0.0715. The van der Waals surface area contributed by atoms with Gasteiger partial charge in [0.05, 0.1) is 11.1 Å². The van der Waals surface area contributed by atoms with Crippen molar-refractivity contribution in [2.45, 2.75) is 23.8 Å². The van der Waals surface area contributed by atoms with Crippen LogP contribution in [0.1, 0.15) is 28.9 Å². The molecule has 7 nitrogen and oxygen atoms in total. The largest absolute Gasteiger partial charge is 0.383 e. The number of halogens is 2. The van der Waals surface area contributed by atoms with Gasteiger partial charge in [0.15, 0.2) is 5.16 Å². The van der Waals surface area contributed by atoms with Crippen LogP contribution in [0.25, 0.3) is 0 Å². The Hall–Kier alpha value is -1.68. The second-order valence-electron chi connectivity index (χ2n) is 5.93. The Kier molecular flexibility index (Phi) is 10.4. The maximum absolute atomic E-state index is 12.4. The lowest BCUT2D eigenvalue weighted by molar-refractivity contribution is -0.121. The summed E-state index contributed by atoms with van der Waals surface area (Å²) in [5.41, 5.74) is 1.23. The van der Waals surface area contributed by atoms with Gasteiger partial charge in [-0.15, -0.1) is 0 Å². The zero-order valence-electron chi connectivity index (χ0n) is 15.9. The van der Waals surface area contributed by atoms with E-state index in [4.69, 9.17) is 16.3 Å². The van der Waals surface area contributed by atoms with Crippen LogP contribution in [-0.4, -0.2) is 48.6 Å². The minimum atomic E-state index is -0.321. The number of amides is 2. The van der Waals surface area contributed by atoms with Crippen molar-refractivity contribution >= 4 is 51.1 Å². The summed E-state index contributed by atoms with van der Waals surface area (Å²) < 4.78 is 5.38. The van der Waals surface area contributed by atoms with E-state index in [-0.39, 0.29) is 17.5 Å². The number of methoxy groups -OCH3 is 1. The molecule has 10 heteroatoms. The van der Waals surface area contributed by atoms with Crippen molar-refractivity contribution in [1.29, 1.82) is 0 Å². The second-order valence-corrected chi connectivity index (χ2v) is 8.14. The van der Waals surface area contributed by atoms with Crippen molar-refractivity contribution < 1.29 is 14.3 Å². The van der Waals surface area contributed by atoms with Gasteiger partial charge >= 0.3 is 0 Å². The van der Waals surface area contributed by atoms with Crippen molar-refractivity contribution in [3.63, 3.8) is 0 Å². The summed E-state index contributed by atoms with van der Waals surface area (Å²) in [6, 6.07) is 7.56. The van der Waals surface area contributed by atoms with Gasteiger partial charge in [-0.2, -0.15) is 0 Å². The molecule has 0 aliphatic rings. The smallest absolute Gasteiger partial charge is 0.271 e. The third-order valence-corrected chi connectivity index (χ3v) is 5.61. The summed E-state index contributed by atoms with van der Waals surface area (Å²) in [5.74, 6) is 0.206. The Morgan fingerprint density at radius 2 is 2.03 bits per heavy atom. The number of thioether (sulfide) groups is 1. The first kappa shape index (κ1) is 23.6. The number of nitrogens with zero attached hydrogens (tertiary/aromatic N) is 2. The van der Waals surface area contributed by atoms with Crippen LogP contribution in [0.4, 0.5) is 0 Å². The van der Waals surface area contributed by atoms with E-state index in [1.807, 2.05) is 24.3 Å². The predicted octanol–water partition coefficient (Wildman–Crippen LogP) is 3.46. The van der Waals surface area contributed by atoms with E-state index in [2.05, 4.69) is 36.5 Å².